The second-order valence-electron chi connectivity index (χ2n) is 5.78. The van der Waals surface area contributed by atoms with Crippen molar-refractivity contribution in [2.24, 2.45) is 5.10 Å². The Morgan fingerprint density at radius 1 is 0.889 bits per heavy atom. The minimum absolute atomic E-state index is 0.205. The van der Waals surface area contributed by atoms with Crippen LogP contribution in [0.15, 0.2) is 90.0 Å². The molecule has 0 radical (unpaired) electrons. The number of hydrogen-bond donors (Lipinski definition) is 1. The number of carbonyl (C=O) groups excluding carboxylic acids is 2. The molecule has 0 aliphatic heterocycles. The first kappa shape index (κ1) is 18.1. The van der Waals surface area contributed by atoms with Gasteiger partial charge in [0.25, 0.3) is 0 Å². The third kappa shape index (κ3) is 5.64. The number of esters is 1. The van der Waals surface area contributed by atoms with E-state index in [0.29, 0.717) is 16.9 Å². The number of carbonyl (C=O) groups is 2. The lowest BCUT2D eigenvalue weighted by Gasteiger charge is -2.05. The summed E-state index contributed by atoms with van der Waals surface area (Å²) in [6.07, 6.45) is 1.76. The first-order chi connectivity index (χ1) is 13.2. The fourth-order valence-corrected chi connectivity index (χ4v) is 2.40. The highest BCUT2D eigenvalue weighted by Crippen LogP contribution is 2.14. The fraction of sp³-hybridized carbons (Fsp3) is 0.0455. The molecule has 134 valence electrons. The maximum atomic E-state index is 12.1. The zero-order valence-corrected chi connectivity index (χ0v) is 14.5. The van der Waals surface area contributed by atoms with Crippen LogP contribution in [0, 0.1) is 0 Å². The Hall–Kier alpha value is -3.73. The standard InChI is InChI=1S/C22H18N2O3/c25-21(15-17-8-3-1-4-9-17)24-23-16-18-10-7-13-20(14-18)27-22(26)19-11-5-2-6-12-19/h1-14,16H,15H2,(H,24,25). The van der Waals surface area contributed by atoms with Crippen LogP contribution in [0.25, 0.3) is 0 Å². The van der Waals surface area contributed by atoms with Crippen molar-refractivity contribution >= 4 is 18.1 Å². The average Bonchev–Trinajstić information content (AvgIpc) is 2.70. The summed E-state index contributed by atoms with van der Waals surface area (Å²) in [5.74, 6) is -0.228. The third-order valence-corrected chi connectivity index (χ3v) is 3.69. The summed E-state index contributed by atoms with van der Waals surface area (Å²) in [6.45, 7) is 0. The van der Waals surface area contributed by atoms with Crippen LogP contribution in [0.2, 0.25) is 0 Å². The summed E-state index contributed by atoms with van der Waals surface area (Å²) in [7, 11) is 0. The van der Waals surface area contributed by atoms with E-state index in [4.69, 9.17) is 4.74 Å². The SMILES string of the molecule is O=C(Cc1ccccc1)NN=Cc1cccc(OC(=O)c2ccccc2)c1. The highest BCUT2D eigenvalue weighted by atomic mass is 16.5. The van der Waals surface area contributed by atoms with Crippen molar-refractivity contribution < 1.29 is 14.3 Å². The van der Waals surface area contributed by atoms with Crippen molar-refractivity contribution in [1.29, 1.82) is 0 Å². The molecule has 5 heteroatoms. The van der Waals surface area contributed by atoms with Crippen LogP contribution in [0.4, 0.5) is 0 Å². The van der Waals surface area contributed by atoms with Crippen LogP contribution in [0.5, 0.6) is 5.75 Å². The second kappa shape index (κ2) is 9.10. The molecular weight excluding hydrogens is 340 g/mol. The van der Waals surface area contributed by atoms with E-state index in [1.807, 2.05) is 36.4 Å². The Morgan fingerprint density at radius 3 is 2.33 bits per heavy atom. The van der Waals surface area contributed by atoms with E-state index in [1.54, 1.807) is 48.5 Å². The molecule has 0 fully saturated rings. The molecule has 0 saturated heterocycles. The highest BCUT2D eigenvalue weighted by Gasteiger charge is 2.07. The number of hydrazone groups is 1. The summed E-state index contributed by atoms with van der Waals surface area (Å²) < 4.78 is 5.36. The maximum Gasteiger partial charge on any atom is 0.343 e. The van der Waals surface area contributed by atoms with Crippen molar-refractivity contribution in [3.8, 4) is 5.75 Å². The van der Waals surface area contributed by atoms with E-state index < -0.39 is 5.97 Å². The van der Waals surface area contributed by atoms with Gasteiger partial charge < -0.3 is 4.74 Å². The molecule has 1 N–H and O–H groups in total. The van der Waals surface area contributed by atoms with Gasteiger partial charge in [-0.15, -0.1) is 0 Å². The quantitative estimate of drug-likeness (QED) is 0.317. The zero-order valence-electron chi connectivity index (χ0n) is 14.5. The Balaban J connectivity index is 1.56. The van der Waals surface area contributed by atoms with Gasteiger partial charge in [0.15, 0.2) is 0 Å². The van der Waals surface area contributed by atoms with E-state index in [9.17, 15) is 9.59 Å². The molecule has 0 heterocycles. The molecule has 5 nitrogen and oxygen atoms in total. The largest absolute Gasteiger partial charge is 0.423 e. The lowest BCUT2D eigenvalue weighted by atomic mass is 10.1. The van der Waals surface area contributed by atoms with Crippen molar-refractivity contribution in [2.45, 2.75) is 6.42 Å². The van der Waals surface area contributed by atoms with Gasteiger partial charge in [0, 0.05) is 0 Å². The average molecular weight is 358 g/mol. The van der Waals surface area contributed by atoms with Crippen molar-refractivity contribution in [2.75, 3.05) is 0 Å². The normalized spacial score (nSPS) is 10.5. The molecule has 1 amide bonds. The summed E-state index contributed by atoms with van der Waals surface area (Å²) >= 11 is 0. The Bertz CT molecular complexity index is 938. The first-order valence-electron chi connectivity index (χ1n) is 8.44. The summed E-state index contributed by atoms with van der Waals surface area (Å²) in [6, 6.07) is 25.1. The zero-order chi connectivity index (χ0) is 18.9. The molecule has 0 aliphatic carbocycles. The van der Waals surface area contributed by atoms with Gasteiger partial charge >= 0.3 is 5.97 Å². The van der Waals surface area contributed by atoms with Crippen LogP contribution in [-0.4, -0.2) is 18.1 Å². The predicted octanol–water partition coefficient (Wildman–Crippen LogP) is 3.60. The van der Waals surface area contributed by atoms with E-state index >= 15 is 0 Å². The molecule has 0 spiro atoms. The number of nitrogens with zero attached hydrogens (tertiary/aromatic N) is 1. The van der Waals surface area contributed by atoms with E-state index in [2.05, 4.69) is 10.5 Å². The minimum Gasteiger partial charge on any atom is -0.423 e. The van der Waals surface area contributed by atoms with Gasteiger partial charge in [-0.05, 0) is 35.4 Å². The number of amides is 1. The number of benzene rings is 3. The highest BCUT2D eigenvalue weighted by molar-refractivity contribution is 5.91. The van der Waals surface area contributed by atoms with Gasteiger partial charge in [0.1, 0.15) is 5.75 Å². The van der Waals surface area contributed by atoms with Crippen LogP contribution in [-0.2, 0) is 11.2 Å². The molecule has 27 heavy (non-hydrogen) atoms. The molecule has 0 aliphatic rings. The van der Waals surface area contributed by atoms with Crippen molar-refractivity contribution in [3.05, 3.63) is 102 Å². The molecule has 0 unspecified atom stereocenters. The molecule has 0 saturated carbocycles. The summed E-state index contributed by atoms with van der Waals surface area (Å²) in [5, 5.41) is 3.95. The summed E-state index contributed by atoms with van der Waals surface area (Å²) in [4.78, 5) is 24.0. The maximum absolute atomic E-state index is 12.1. The van der Waals surface area contributed by atoms with Gasteiger partial charge in [-0.3, -0.25) is 4.79 Å². The van der Waals surface area contributed by atoms with E-state index in [1.165, 1.54) is 6.21 Å². The molecule has 3 aromatic carbocycles. The molecule has 3 rings (SSSR count). The van der Waals surface area contributed by atoms with Crippen molar-refractivity contribution in [1.82, 2.24) is 5.43 Å². The van der Waals surface area contributed by atoms with E-state index in [-0.39, 0.29) is 12.3 Å². The lowest BCUT2D eigenvalue weighted by molar-refractivity contribution is -0.120. The molecule has 3 aromatic rings. The topological polar surface area (TPSA) is 67.8 Å². The van der Waals surface area contributed by atoms with Gasteiger partial charge in [-0.2, -0.15) is 5.10 Å². The Labute approximate surface area is 157 Å². The minimum atomic E-state index is -0.430. The van der Waals surface area contributed by atoms with Crippen LogP contribution in [0.3, 0.4) is 0 Å². The van der Waals surface area contributed by atoms with Crippen molar-refractivity contribution in [3.63, 3.8) is 0 Å². The third-order valence-electron chi connectivity index (χ3n) is 3.69. The lowest BCUT2D eigenvalue weighted by Crippen LogP contribution is -2.19. The Morgan fingerprint density at radius 2 is 1.59 bits per heavy atom. The van der Waals surface area contributed by atoms with Gasteiger partial charge in [-0.25, -0.2) is 10.2 Å². The number of rotatable bonds is 6. The number of hydrogen-bond acceptors (Lipinski definition) is 4. The number of nitrogens with one attached hydrogen (secondary N) is 1. The fourth-order valence-electron chi connectivity index (χ4n) is 2.40. The smallest absolute Gasteiger partial charge is 0.343 e. The second-order valence-corrected chi connectivity index (χ2v) is 5.78. The van der Waals surface area contributed by atoms with Gasteiger partial charge in [0.2, 0.25) is 5.91 Å². The van der Waals surface area contributed by atoms with E-state index in [0.717, 1.165) is 5.56 Å². The molecule has 0 aromatic heterocycles. The Kier molecular flexibility index (Phi) is 6.09. The predicted molar refractivity (Wildman–Crippen MR) is 104 cm³/mol. The van der Waals surface area contributed by atoms with Gasteiger partial charge in [0.05, 0.1) is 18.2 Å². The van der Waals surface area contributed by atoms with Crippen LogP contribution in [0.1, 0.15) is 21.5 Å². The molecular formula is C22H18N2O3. The molecule has 0 bridgehead atoms. The molecule has 0 atom stereocenters. The van der Waals surface area contributed by atoms with Crippen LogP contribution >= 0.6 is 0 Å². The number of ether oxygens (including phenoxy) is 1. The summed E-state index contributed by atoms with van der Waals surface area (Å²) in [5.41, 5.74) is 4.58. The monoisotopic (exact) mass is 358 g/mol. The first-order valence-corrected chi connectivity index (χ1v) is 8.44. The van der Waals surface area contributed by atoms with Gasteiger partial charge in [-0.1, -0.05) is 60.7 Å². The van der Waals surface area contributed by atoms with Crippen LogP contribution < -0.4 is 10.2 Å².